The van der Waals surface area contributed by atoms with E-state index in [0.717, 1.165) is 12.8 Å². The average Bonchev–Trinajstić information content (AvgIpc) is 2.52. The van der Waals surface area contributed by atoms with Crippen LogP contribution in [0, 0.1) is 0 Å². The molecule has 1 aromatic rings. The molecule has 0 saturated heterocycles. The van der Waals surface area contributed by atoms with E-state index < -0.39 is 5.54 Å². The molecule has 0 aromatic heterocycles. The molecule has 0 spiro atoms. The smallest absolute Gasteiger partial charge is 0.319 e. The van der Waals surface area contributed by atoms with Crippen molar-refractivity contribution < 1.29 is 9.59 Å². The van der Waals surface area contributed by atoms with Gasteiger partial charge in [-0.1, -0.05) is 25.4 Å². The minimum atomic E-state index is -0.465. The first kappa shape index (κ1) is 24.5. The zero-order valence-electron chi connectivity index (χ0n) is 16.0. The Balaban J connectivity index is 0.00000625. The summed E-state index contributed by atoms with van der Waals surface area (Å²) in [5.41, 5.74) is 5.80. The Labute approximate surface area is 167 Å². The summed E-state index contributed by atoms with van der Waals surface area (Å²) in [5, 5.41) is 8.80. The fraction of sp³-hybridized carbons (Fsp3) is 0.556. The number of carbonyl (C=O) groups is 2. The molecule has 0 aliphatic rings. The number of carbonyl (C=O) groups excluding carboxylic acids is 2. The summed E-state index contributed by atoms with van der Waals surface area (Å²) >= 11 is 6.17. The van der Waals surface area contributed by atoms with Crippen molar-refractivity contribution >= 4 is 41.6 Å². The fourth-order valence-corrected chi connectivity index (χ4v) is 2.56. The van der Waals surface area contributed by atoms with Crippen LogP contribution in [0.5, 0.6) is 0 Å². The van der Waals surface area contributed by atoms with Gasteiger partial charge in [-0.15, -0.1) is 12.4 Å². The van der Waals surface area contributed by atoms with Gasteiger partial charge in [0.05, 0.1) is 16.1 Å². The summed E-state index contributed by atoms with van der Waals surface area (Å²) in [6.07, 6.45) is 1.44. The summed E-state index contributed by atoms with van der Waals surface area (Å²) in [4.78, 5) is 24.6. The first-order chi connectivity index (χ1) is 11.6. The lowest BCUT2D eigenvalue weighted by atomic mass is 9.92. The van der Waals surface area contributed by atoms with E-state index in [4.69, 9.17) is 17.3 Å². The summed E-state index contributed by atoms with van der Waals surface area (Å²) in [6, 6.07) is 4.45. The van der Waals surface area contributed by atoms with E-state index >= 15 is 0 Å². The number of benzene rings is 1. The Bertz CT molecular complexity index is 618. The largest absolute Gasteiger partial charge is 0.345 e. The summed E-state index contributed by atoms with van der Waals surface area (Å²) in [5.74, 6) is -0.306. The topological polar surface area (TPSA) is 96.2 Å². The third-order valence-corrected chi connectivity index (χ3v) is 4.41. The monoisotopic (exact) mass is 404 g/mol. The number of hydrogen-bond donors (Lipinski definition) is 4. The zero-order chi connectivity index (χ0) is 19.3. The second-order valence-corrected chi connectivity index (χ2v) is 7.58. The highest BCUT2D eigenvalue weighted by Crippen LogP contribution is 2.23. The molecular weight excluding hydrogens is 375 g/mol. The molecule has 0 saturated carbocycles. The van der Waals surface area contributed by atoms with Gasteiger partial charge >= 0.3 is 6.03 Å². The van der Waals surface area contributed by atoms with E-state index in [0.29, 0.717) is 22.8 Å². The van der Waals surface area contributed by atoms with Gasteiger partial charge in [0, 0.05) is 17.8 Å². The van der Waals surface area contributed by atoms with E-state index in [1.54, 1.807) is 18.2 Å². The fourth-order valence-electron chi connectivity index (χ4n) is 2.35. The van der Waals surface area contributed by atoms with Gasteiger partial charge in [-0.05, 0) is 51.8 Å². The number of amides is 3. The van der Waals surface area contributed by atoms with E-state index in [-0.39, 0.29) is 29.9 Å². The van der Waals surface area contributed by atoms with Gasteiger partial charge in [-0.25, -0.2) is 4.79 Å². The van der Waals surface area contributed by atoms with Crippen LogP contribution < -0.4 is 21.7 Å². The third kappa shape index (κ3) is 7.02. The standard InChI is InChI=1S/C18H29ClN4O2.ClH/c1-6-18(7-2,11-20)22-15(24)13-10-12(8-9-14(13)19)21-16(25)23-17(3,4)5;/h8-10H,6-7,11,20H2,1-5H3,(H,22,24)(H2,21,23,25);1H. The minimum Gasteiger partial charge on any atom is -0.345 e. The zero-order valence-corrected chi connectivity index (χ0v) is 17.6. The Morgan fingerprint density at radius 2 is 1.69 bits per heavy atom. The molecule has 148 valence electrons. The number of anilines is 1. The highest BCUT2D eigenvalue weighted by atomic mass is 35.5. The van der Waals surface area contributed by atoms with Crippen LogP contribution in [0.15, 0.2) is 18.2 Å². The van der Waals surface area contributed by atoms with Crippen LogP contribution in [0.25, 0.3) is 0 Å². The predicted molar refractivity (Wildman–Crippen MR) is 110 cm³/mol. The van der Waals surface area contributed by atoms with Crippen molar-refractivity contribution in [1.29, 1.82) is 0 Å². The number of nitrogens with two attached hydrogens (primary N) is 1. The van der Waals surface area contributed by atoms with E-state index in [1.165, 1.54) is 0 Å². The van der Waals surface area contributed by atoms with Gasteiger partial charge in [-0.3, -0.25) is 4.79 Å². The number of halogens is 2. The molecule has 6 nitrogen and oxygen atoms in total. The quantitative estimate of drug-likeness (QED) is 0.577. The number of urea groups is 1. The normalized spacial score (nSPS) is 11.3. The van der Waals surface area contributed by atoms with Crippen molar-refractivity contribution in [2.45, 2.75) is 58.5 Å². The highest BCUT2D eigenvalue weighted by Gasteiger charge is 2.27. The molecule has 0 aliphatic carbocycles. The van der Waals surface area contributed by atoms with Crippen LogP contribution in [0.2, 0.25) is 5.02 Å². The lowest BCUT2D eigenvalue weighted by Crippen LogP contribution is -2.52. The van der Waals surface area contributed by atoms with Crippen molar-refractivity contribution in [3.63, 3.8) is 0 Å². The maximum absolute atomic E-state index is 12.6. The summed E-state index contributed by atoms with van der Waals surface area (Å²) in [7, 11) is 0. The molecule has 1 rings (SSSR count). The molecule has 0 bridgehead atoms. The molecule has 8 heteroatoms. The summed E-state index contributed by atoms with van der Waals surface area (Å²) in [6.45, 7) is 9.95. The number of nitrogens with one attached hydrogen (secondary N) is 3. The summed E-state index contributed by atoms with van der Waals surface area (Å²) < 4.78 is 0. The van der Waals surface area contributed by atoms with Crippen LogP contribution in [0.4, 0.5) is 10.5 Å². The Morgan fingerprint density at radius 3 is 2.15 bits per heavy atom. The first-order valence-electron chi connectivity index (χ1n) is 8.47. The maximum Gasteiger partial charge on any atom is 0.319 e. The van der Waals surface area contributed by atoms with Crippen LogP contribution >= 0.6 is 24.0 Å². The van der Waals surface area contributed by atoms with E-state index in [2.05, 4.69) is 16.0 Å². The molecule has 3 amide bonds. The molecule has 0 heterocycles. The molecule has 0 atom stereocenters. The van der Waals surface area contributed by atoms with Crippen molar-refractivity contribution in [3.05, 3.63) is 28.8 Å². The second-order valence-electron chi connectivity index (χ2n) is 7.17. The predicted octanol–water partition coefficient (Wildman–Crippen LogP) is 3.93. The van der Waals surface area contributed by atoms with Crippen molar-refractivity contribution in [2.24, 2.45) is 5.73 Å². The van der Waals surface area contributed by atoms with Gasteiger partial charge in [0.25, 0.3) is 5.91 Å². The minimum absolute atomic E-state index is 0. The molecule has 0 unspecified atom stereocenters. The maximum atomic E-state index is 12.6. The Hall–Kier alpha value is -1.50. The van der Waals surface area contributed by atoms with Gasteiger partial charge in [0.1, 0.15) is 0 Å². The van der Waals surface area contributed by atoms with Gasteiger partial charge in [0.2, 0.25) is 0 Å². The lowest BCUT2D eigenvalue weighted by Gasteiger charge is -2.31. The molecule has 5 N–H and O–H groups in total. The second kappa shape index (κ2) is 10.00. The highest BCUT2D eigenvalue weighted by molar-refractivity contribution is 6.34. The van der Waals surface area contributed by atoms with Gasteiger partial charge in [-0.2, -0.15) is 0 Å². The Morgan fingerprint density at radius 1 is 1.12 bits per heavy atom. The molecule has 26 heavy (non-hydrogen) atoms. The average molecular weight is 405 g/mol. The van der Waals surface area contributed by atoms with Gasteiger partial charge < -0.3 is 21.7 Å². The Kier molecular flexibility index (Phi) is 9.42. The molecule has 0 radical (unpaired) electrons. The van der Waals surface area contributed by atoms with Crippen LogP contribution in [-0.2, 0) is 0 Å². The van der Waals surface area contributed by atoms with E-state index in [1.807, 2.05) is 34.6 Å². The van der Waals surface area contributed by atoms with Gasteiger partial charge in [0.15, 0.2) is 0 Å². The number of hydrogen-bond acceptors (Lipinski definition) is 3. The molecule has 1 aromatic carbocycles. The van der Waals surface area contributed by atoms with E-state index in [9.17, 15) is 9.59 Å². The first-order valence-corrected chi connectivity index (χ1v) is 8.85. The number of rotatable bonds is 6. The van der Waals surface area contributed by atoms with Crippen molar-refractivity contribution in [1.82, 2.24) is 10.6 Å². The van der Waals surface area contributed by atoms with Crippen LogP contribution in [0.3, 0.4) is 0 Å². The SMILES string of the molecule is CCC(CC)(CN)NC(=O)c1cc(NC(=O)NC(C)(C)C)ccc1Cl.Cl. The van der Waals surface area contributed by atoms with Crippen molar-refractivity contribution in [2.75, 3.05) is 11.9 Å². The van der Waals surface area contributed by atoms with Crippen LogP contribution in [-0.4, -0.2) is 29.6 Å². The third-order valence-electron chi connectivity index (χ3n) is 4.08. The molecule has 0 aliphatic heterocycles. The van der Waals surface area contributed by atoms with Crippen molar-refractivity contribution in [3.8, 4) is 0 Å². The van der Waals surface area contributed by atoms with Crippen LogP contribution in [0.1, 0.15) is 57.8 Å². The lowest BCUT2D eigenvalue weighted by molar-refractivity contribution is 0.0895. The molecular formula is C18H30Cl2N4O2. The molecule has 0 fully saturated rings.